The number of aliphatic hydroxyl groups excluding tert-OH is 1. The lowest BCUT2D eigenvalue weighted by atomic mass is 9.96. The van der Waals surface area contributed by atoms with Gasteiger partial charge in [-0.3, -0.25) is 0 Å². The van der Waals surface area contributed by atoms with Crippen LogP contribution in [0.4, 0.5) is 0 Å². The molecule has 0 aromatic heterocycles. The quantitative estimate of drug-likeness (QED) is 0.492. The van der Waals surface area contributed by atoms with E-state index in [0.29, 0.717) is 19.0 Å². The normalized spacial score (nSPS) is 13.6. The van der Waals surface area contributed by atoms with Crippen LogP contribution in [0.5, 0.6) is 0 Å². The molecule has 0 radical (unpaired) electrons. The molecule has 0 aliphatic heterocycles. The van der Waals surface area contributed by atoms with Gasteiger partial charge in [0.1, 0.15) is 0 Å². The van der Waals surface area contributed by atoms with Gasteiger partial charge in [-0.15, -0.1) is 0 Å². The summed E-state index contributed by atoms with van der Waals surface area (Å²) in [5.74, 6) is 0.436. The largest absolute Gasteiger partial charge is 0.392 e. The van der Waals surface area contributed by atoms with Gasteiger partial charge in [0.15, 0.2) is 0 Å². The summed E-state index contributed by atoms with van der Waals surface area (Å²) in [6, 6.07) is 0. The molecular weight excluding hydrogens is 164 g/mol. The highest BCUT2D eigenvalue weighted by atomic mass is 16.3. The first-order valence-corrected chi connectivity index (χ1v) is 5.35. The Kier molecular flexibility index (Phi) is 8.40. The molecular formula is C10H24N2O. The summed E-state index contributed by atoms with van der Waals surface area (Å²) in [5.41, 5.74) is 5.36. The Morgan fingerprint density at radius 3 is 2.38 bits per heavy atom. The second kappa shape index (κ2) is 8.48. The van der Waals surface area contributed by atoms with Crippen LogP contribution in [0.1, 0.15) is 33.1 Å². The summed E-state index contributed by atoms with van der Waals surface area (Å²) < 4.78 is 0. The zero-order chi connectivity index (χ0) is 10.1. The average molecular weight is 188 g/mol. The molecule has 4 N–H and O–H groups in total. The van der Waals surface area contributed by atoms with E-state index in [1.807, 2.05) is 0 Å². The molecule has 0 aromatic rings. The standard InChI is InChI=1S/C10H24N2O/c1-3-9(4-2)10(13)8-12-7-5-6-11/h9-10,12-13H,3-8,11H2,1-2H3. The number of nitrogens with one attached hydrogen (secondary N) is 1. The summed E-state index contributed by atoms with van der Waals surface area (Å²) in [4.78, 5) is 0. The third kappa shape index (κ3) is 6.02. The zero-order valence-corrected chi connectivity index (χ0v) is 8.92. The first-order chi connectivity index (χ1) is 6.26. The van der Waals surface area contributed by atoms with Crippen LogP contribution >= 0.6 is 0 Å². The Balaban J connectivity index is 3.42. The predicted molar refractivity (Wildman–Crippen MR) is 56.6 cm³/mol. The molecule has 0 saturated heterocycles. The Hall–Kier alpha value is -0.120. The van der Waals surface area contributed by atoms with Crippen LogP contribution in [-0.4, -0.2) is 30.8 Å². The molecule has 0 fully saturated rings. The Bertz CT molecular complexity index is 105. The Morgan fingerprint density at radius 2 is 1.92 bits per heavy atom. The van der Waals surface area contributed by atoms with Crippen molar-refractivity contribution in [2.24, 2.45) is 11.7 Å². The highest BCUT2D eigenvalue weighted by Crippen LogP contribution is 2.11. The van der Waals surface area contributed by atoms with E-state index in [9.17, 15) is 5.11 Å². The molecule has 13 heavy (non-hydrogen) atoms. The van der Waals surface area contributed by atoms with Crippen LogP contribution in [0.2, 0.25) is 0 Å². The van der Waals surface area contributed by atoms with Crippen LogP contribution in [-0.2, 0) is 0 Å². The maximum absolute atomic E-state index is 9.71. The van der Waals surface area contributed by atoms with Crippen LogP contribution in [0.25, 0.3) is 0 Å². The van der Waals surface area contributed by atoms with E-state index in [2.05, 4.69) is 19.2 Å². The van der Waals surface area contributed by atoms with Gasteiger partial charge in [-0.05, 0) is 25.4 Å². The molecule has 1 unspecified atom stereocenters. The van der Waals surface area contributed by atoms with Gasteiger partial charge in [0.25, 0.3) is 0 Å². The summed E-state index contributed by atoms with van der Waals surface area (Å²) in [6.45, 7) is 6.57. The minimum Gasteiger partial charge on any atom is -0.392 e. The number of hydrogen-bond donors (Lipinski definition) is 3. The van der Waals surface area contributed by atoms with Gasteiger partial charge in [-0.2, -0.15) is 0 Å². The van der Waals surface area contributed by atoms with E-state index in [4.69, 9.17) is 5.73 Å². The van der Waals surface area contributed by atoms with Crippen molar-refractivity contribution in [3.63, 3.8) is 0 Å². The molecule has 3 nitrogen and oxygen atoms in total. The van der Waals surface area contributed by atoms with Crippen LogP contribution < -0.4 is 11.1 Å². The maximum atomic E-state index is 9.71. The van der Waals surface area contributed by atoms with Gasteiger partial charge < -0.3 is 16.2 Å². The van der Waals surface area contributed by atoms with Crippen molar-refractivity contribution in [3.8, 4) is 0 Å². The molecule has 0 amide bonds. The molecule has 0 saturated carbocycles. The van der Waals surface area contributed by atoms with E-state index < -0.39 is 0 Å². The van der Waals surface area contributed by atoms with E-state index in [1.54, 1.807) is 0 Å². The third-order valence-corrected chi connectivity index (χ3v) is 2.50. The van der Waals surface area contributed by atoms with E-state index in [0.717, 1.165) is 25.8 Å². The van der Waals surface area contributed by atoms with Crippen LogP contribution in [0.3, 0.4) is 0 Å². The fourth-order valence-electron chi connectivity index (χ4n) is 1.48. The Morgan fingerprint density at radius 1 is 1.31 bits per heavy atom. The van der Waals surface area contributed by atoms with Crippen LogP contribution in [0, 0.1) is 5.92 Å². The first kappa shape index (κ1) is 12.9. The molecule has 0 aromatic carbocycles. The van der Waals surface area contributed by atoms with E-state index in [1.165, 1.54) is 0 Å². The van der Waals surface area contributed by atoms with Crippen molar-refractivity contribution < 1.29 is 5.11 Å². The molecule has 0 rings (SSSR count). The number of rotatable bonds is 8. The molecule has 0 heterocycles. The molecule has 0 aliphatic carbocycles. The first-order valence-electron chi connectivity index (χ1n) is 5.35. The maximum Gasteiger partial charge on any atom is 0.0692 e. The van der Waals surface area contributed by atoms with Crippen LogP contribution in [0.15, 0.2) is 0 Å². The van der Waals surface area contributed by atoms with Gasteiger partial charge in [-0.25, -0.2) is 0 Å². The lowest BCUT2D eigenvalue weighted by molar-refractivity contribution is 0.102. The smallest absolute Gasteiger partial charge is 0.0692 e. The minimum absolute atomic E-state index is 0.201. The van der Waals surface area contributed by atoms with Crippen molar-refractivity contribution in [1.29, 1.82) is 0 Å². The molecule has 80 valence electrons. The third-order valence-electron chi connectivity index (χ3n) is 2.50. The fourth-order valence-corrected chi connectivity index (χ4v) is 1.48. The highest BCUT2D eigenvalue weighted by molar-refractivity contribution is 4.68. The zero-order valence-electron chi connectivity index (χ0n) is 8.92. The number of nitrogens with two attached hydrogens (primary N) is 1. The fraction of sp³-hybridized carbons (Fsp3) is 1.00. The SMILES string of the molecule is CCC(CC)C(O)CNCCCN. The highest BCUT2D eigenvalue weighted by Gasteiger charge is 2.13. The van der Waals surface area contributed by atoms with Gasteiger partial charge in [-0.1, -0.05) is 26.7 Å². The summed E-state index contributed by atoms with van der Waals surface area (Å²) >= 11 is 0. The van der Waals surface area contributed by atoms with Gasteiger partial charge in [0, 0.05) is 6.54 Å². The topological polar surface area (TPSA) is 58.3 Å². The van der Waals surface area contributed by atoms with E-state index in [-0.39, 0.29) is 6.10 Å². The van der Waals surface area contributed by atoms with Crippen molar-refractivity contribution in [2.75, 3.05) is 19.6 Å². The second-order valence-electron chi connectivity index (χ2n) is 3.49. The van der Waals surface area contributed by atoms with E-state index >= 15 is 0 Å². The monoisotopic (exact) mass is 188 g/mol. The number of aliphatic hydroxyl groups is 1. The molecule has 0 spiro atoms. The van der Waals surface area contributed by atoms with Crippen molar-refractivity contribution >= 4 is 0 Å². The lowest BCUT2D eigenvalue weighted by Crippen LogP contribution is -2.33. The Labute approximate surface area is 81.7 Å². The van der Waals surface area contributed by atoms with Crippen molar-refractivity contribution in [2.45, 2.75) is 39.2 Å². The summed E-state index contributed by atoms with van der Waals surface area (Å²) in [6.07, 6.45) is 2.88. The minimum atomic E-state index is -0.201. The molecule has 0 aliphatic rings. The molecule has 3 heteroatoms. The van der Waals surface area contributed by atoms with Gasteiger partial charge in [0.2, 0.25) is 0 Å². The van der Waals surface area contributed by atoms with Crippen molar-refractivity contribution in [3.05, 3.63) is 0 Å². The average Bonchev–Trinajstić information content (AvgIpc) is 2.14. The van der Waals surface area contributed by atoms with Gasteiger partial charge in [0.05, 0.1) is 6.10 Å². The lowest BCUT2D eigenvalue weighted by Gasteiger charge is -2.20. The molecule has 1 atom stereocenters. The number of hydrogen-bond acceptors (Lipinski definition) is 3. The second-order valence-corrected chi connectivity index (χ2v) is 3.49. The van der Waals surface area contributed by atoms with Crippen molar-refractivity contribution in [1.82, 2.24) is 5.32 Å². The van der Waals surface area contributed by atoms with Gasteiger partial charge >= 0.3 is 0 Å². The summed E-state index contributed by atoms with van der Waals surface area (Å²) in [5, 5.41) is 12.9. The summed E-state index contributed by atoms with van der Waals surface area (Å²) in [7, 11) is 0. The molecule has 0 bridgehead atoms. The predicted octanol–water partition coefficient (Wildman–Crippen LogP) is 0.722.